The van der Waals surface area contributed by atoms with Crippen molar-refractivity contribution in [2.75, 3.05) is 11.3 Å². The quantitative estimate of drug-likeness (QED) is 0.333. The van der Waals surface area contributed by atoms with Gasteiger partial charge >= 0.3 is 6.18 Å². The first-order chi connectivity index (χ1) is 17.9. The van der Waals surface area contributed by atoms with E-state index in [4.69, 9.17) is 4.74 Å². The van der Waals surface area contributed by atoms with E-state index in [2.05, 4.69) is 10.0 Å². The van der Waals surface area contributed by atoms with E-state index < -0.39 is 34.4 Å². The molecule has 0 aliphatic heterocycles. The third kappa shape index (κ3) is 8.45. The van der Waals surface area contributed by atoms with Crippen molar-refractivity contribution in [2.24, 2.45) is 0 Å². The summed E-state index contributed by atoms with van der Waals surface area (Å²) in [7, 11) is -3.89. The fourth-order valence-corrected chi connectivity index (χ4v) is 4.91. The molecule has 0 spiro atoms. The minimum Gasteiger partial charge on any atom is -0.484 e. The van der Waals surface area contributed by atoms with E-state index in [1.54, 1.807) is 62.4 Å². The highest BCUT2D eigenvalue weighted by atomic mass is 32.2. The van der Waals surface area contributed by atoms with Crippen LogP contribution in [0, 0.1) is 13.8 Å². The number of aryl methyl sites for hydroxylation is 2. The maximum atomic E-state index is 13.1. The monoisotopic (exact) mass is 551 g/mol. The number of alkyl halides is 3. The molecule has 1 heterocycles. The summed E-state index contributed by atoms with van der Waals surface area (Å²) in [6.07, 6.45) is -3.93. The summed E-state index contributed by atoms with van der Waals surface area (Å²) in [5.74, 6) is -0.303. The summed E-state index contributed by atoms with van der Waals surface area (Å²) in [5.41, 5.74) is 1.42. The summed E-state index contributed by atoms with van der Waals surface area (Å²) in [5, 5.41) is 2.93. The Kier molecular flexibility index (Phi) is 9.34. The summed E-state index contributed by atoms with van der Waals surface area (Å²) < 4.78 is 71.6. The molecule has 1 unspecified atom stereocenters. The molecule has 1 aromatic heterocycles. The van der Waals surface area contributed by atoms with Crippen LogP contribution in [-0.4, -0.2) is 38.1 Å². The summed E-state index contributed by atoms with van der Waals surface area (Å²) in [4.78, 5) is 24.9. The van der Waals surface area contributed by atoms with E-state index in [9.17, 15) is 31.2 Å². The molecule has 3 aromatic rings. The molecule has 0 bridgehead atoms. The largest absolute Gasteiger partial charge is 0.484 e. The number of hydrogen-bond acceptors (Lipinski definition) is 6. The van der Waals surface area contributed by atoms with E-state index in [-0.39, 0.29) is 30.3 Å². The first kappa shape index (κ1) is 28.9. The van der Waals surface area contributed by atoms with Gasteiger partial charge in [-0.3, -0.25) is 9.52 Å². The van der Waals surface area contributed by atoms with Crippen molar-refractivity contribution in [2.45, 2.75) is 44.9 Å². The SMILES string of the molecule is Cc1ccc(OCC(F)(F)F)c(CNC(C=O)Cn2c(C)ccc(NS(=O)(=O)Cc3ccccc3)c2=O)c1. The first-order valence-electron chi connectivity index (χ1n) is 11.6. The third-order valence-electron chi connectivity index (χ3n) is 5.56. The second kappa shape index (κ2) is 12.3. The first-order valence-corrected chi connectivity index (χ1v) is 13.2. The zero-order valence-corrected chi connectivity index (χ0v) is 21.6. The highest BCUT2D eigenvalue weighted by Crippen LogP contribution is 2.23. The van der Waals surface area contributed by atoms with Crippen molar-refractivity contribution in [3.63, 3.8) is 0 Å². The Bertz CT molecular complexity index is 1420. The van der Waals surface area contributed by atoms with Gasteiger partial charge in [-0.1, -0.05) is 48.0 Å². The lowest BCUT2D eigenvalue weighted by Gasteiger charge is -2.19. The predicted octanol–water partition coefficient (Wildman–Crippen LogP) is 3.71. The number of carbonyl (C=O) groups is 1. The average Bonchev–Trinajstić information content (AvgIpc) is 2.84. The van der Waals surface area contributed by atoms with E-state index in [0.717, 1.165) is 5.56 Å². The smallest absolute Gasteiger partial charge is 0.422 e. The van der Waals surface area contributed by atoms with Crippen molar-refractivity contribution in [1.29, 1.82) is 0 Å². The number of aromatic nitrogens is 1. The van der Waals surface area contributed by atoms with Crippen LogP contribution in [0.4, 0.5) is 18.9 Å². The van der Waals surface area contributed by atoms with Gasteiger partial charge in [0.2, 0.25) is 10.0 Å². The molecule has 204 valence electrons. The molecule has 12 heteroatoms. The highest BCUT2D eigenvalue weighted by molar-refractivity contribution is 7.91. The van der Waals surface area contributed by atoms with Gasteiger partial charge in [-0.05, 0) is 37.6 Å². The lowest BCUT2D eigenvalue weighted by molar-refractivity contribution is -0.153. The lowest BCUT2D eigenvalue weighted by atomic mass is 10.1. The standard InChI is InChI=1S/C26H28F3N3O5S/c1-18-8-11-24(37-17-26(27,28)29)21(12-18)13-30-22(15-33)14-32-19(2)9-10-23(25(32)34)31-38(35,36)16-20-6-4-3-5-7-20/h3-12,15,22,30-31H,13-14,16-17H2,1-2H3. The van der Waals surface area contributed by atoms with Crippen LogP contribution in [-0.2, 0) is 33.7 Å². The van der Waals surface area contributed by atoms with E-state index in [1.807, 2.05) is 0 Å². The topological polar surface area (TPSA) is 106 Å². The maximum Gasteiger partial charge on any atom is 0.422 e. The number of ether oxygens (including phenoxy) is 1. The second-order valence-electron chi connectivity index (χ2n) is 8.79. The molecule has 0 saturated heterocycles. The van der Waals surface area contributed by atoms with Gasteiger partial charge in [0.15, 0.2) is 6.61 Å². The molecule has 38 heavy (non-hydrogen) atoms. The Hall–Kier alpha value is -3.64. The molecule has 1 atom stereocenters. The van der Waals surface area contributed by atoms with Gasteiger partial charge < -0.3 is 19.4 Å². The van der Waals surface area contributed by atoms with Gasteiger partial charge in [0, 0.05) is 24.3 Å². The van der Waals surface area contributed by atoms with Gasteiger partial charge in [-0.15, -0.1) is 0 Å². The summed E-state index contributed by atoms with van der Waals surface area (Å²) in [6, 6.07) is 15.2. The molecule has 0 amide bonds. The zero-order valence-electron chi connectivity index (χ0n) is 20.8. The average molecular weight is 552 g/mol. The van der Waals surface area contributed by atoms with Crippen molar-refractivity contribution >= 4 is 22.0 Å². The number of anilines is 1. The van der Waals surface area contributed by atoms with Crippen LogP contribution < -0.4 is 20.3 Å². The molecule has 0 saturated carbocycles. The van der Waals surface area contributed by atoms with Crippen LogP contribution in [0.3, 0.4) is 0 Å². The number of nitrogens with one attached hydrogen (secondary N) is 2. The van der Waals surface area contributed by atoms with Crippen LogP contribution in [0.15, 0.2) is 65.5 Å². The Labute approximate surface area is 218 Å². The maximum absolute atomic E-state index is 13.1. The normalized spacial score (nSPS) is 12.7. The highest BCUT2D eigenvalue weighted by Gasteiger charge is 2.29. The van der Waals surface area contributed by atoms with Crippen molar-refractivity contribution < 1.29 is 31.1 Å². The molecule has 0 aliphatic carbocycles. The van der Waals surface area contributed by atoms with Crippen LogP contribution >= 0.6 is 0 Å². The van der Waals surface area contributed by atoms with Crippen LogP contribution in [0.25, 0.3) is 0 Å². The minimum absolute atomic E-state index is 0.00449. The fourth-order valence-electron chi connectivity index (χ4n) is 3.71. The zero-order chi connectivity index (χ0) is 27.9. The third-order valence-corrected chi connectivity index (χ3v) is 6.81. The van der Waals surface area contributed by atoms with Crippen LogP contribution in [0.1, 0.15) is 22.4 Å². The summed E-state index contributed by atoms with van der Waals surface area (Å²) in [6.45, 7) is 1.81. The van der Waals surface area contributed by atoms with Crippen LogP contribution in [0.5, 0.6) is 5.75 Å². The molecule has 8 nitrogen and oxygen atoms in total. The van der Waals surface area contributed by atoms with Gasteiger partial charge in [-0.2, -0.15) is 13.2 Å². The molecule has 0 radical (unpaired) electrons. The Morgan fingerprint density at radius 1 is 1.05 bits per heavy atom. The van der Waals surface area contributed by atoms with E-state index >= 15 is 0 Å². The number of benzene rings is 2. The number of halogens is 3. The molecule has 0 fully saturated rings. The Morgan fingerprint density at radius 2 is 1.76 bits per heavy atom. The van der Waals surface area contributed by atoms with Crippen molar-refractivity contribution in [3.8, 4) is 5.75 Å². The number of carbonyl (C=O) groups excluding carboxylic acids is 1. The molecular weight excluding hydrogens is 523 g/mol. The van der Waals surface area contributed by atoms with E-state index in [0.29, 0.717) is 23.1 Å². The van der Waals surface area contributed by atoms with Crippen LogP contribution in [0.2, 0.25) is 0 Å². The van der Waals surface area contributed by atoms with Gasteiger partial charge in [-0.25, -0.2) is 8.42 Å². The number of aldehydes is 1. The number of sulfonamides is 1. The summed E-state index contributed by atoms with van der Waals surface area (Å²) >= 11 is 0. The van der Waals surface area contributed by atoms with Gasteiger partial charge in [0.05, 0.1) is 11.8 Å². The molecule has 2 N–H and O–H groups in total. The van der Waals surface area contributed by atoms with Gasteiger partial charge in [0.1, 0.15) is 17.7 Å². The molecule has 0 aliphatic rings. The number of pyridine rings is 1. The van der Waals surface area contributed by atoms with Crippen molar-refractivity contribution in [3.05, 3.63) is 93.4 Å². The number of hydrogen-bond donors (Lipinski definition) is 2. The second-order valence-corrected chi connectivity index (χ2v) is 10.5. The number of rotatable bonds is 12. The van der Waals surface area contributed by atoms with Gasteiger partial charge in [0.25, 0.3) is 5.56 Å². The van der Waals surface area contributed by atoms with E-state index in [1.165, 1.54) is 16.7 Å². The lowest BCUT2D eigenvalue weighted by Crippen LogP contribution is -2.39. The molecule has 3 rings (SSSR count). The predicted molar refractivity (Wildman–Crippen MR) is 138 cm³/mol. The molecular formula is C26H28F3N3O5S. The minimum atomic E-state index is -4.51. The Balaban J connectivity index is 1.74. The fraction of sp³-hybridized carbons (Fsp3) is 0.308. The van der Waals surface area contributed by atoms with Crippen molar-refractivity contribution in [1.82, 2.24) is 9.88 Å². The Morgan fingerprint density at radius 3 is 2.42 bits per heavy atom. The number of nitrogens with zero attached hydrogens (tertiary/aromatic N) is 1. The molecule has 2 aromatic carbocycles.